The first-order chi connectivity index (χ1) is 13.5. The SMILES string of the molecule is CN1C(=O)C(C(=O)NC(C)(C)C#N)C[C@@]2(C)C1CC[C@@H]1[C@H]2CC[C@]2(C)CCC[C@@H]12. The van der Waals surface area contributed by atoms with E-state index in [1.54, 1.807) is 13.8 Å². The Labute approximate surface area is 175 Å². The van der Waals surface area contributed by atoms with Crippen molar-refractivity contribution in [1.82, 2.24) is 10.2 Å². The van der Waals surface area contributed by atoms with Crippen molar-refractivity contribution in [3.8, 4) is 6.07 Å². The van der Waals surface area contributed by atoms with Gasteiger partial charge in [-0.1, -0.05) is 20.3 Å². The van der Waals surface area contributed by atoms with Gasteiger partial charge in [0.05, 0.1) is 6.07 Å². The minimum Gasteiger partial charge on any atom is -0.342 e. The number of rotatable bonds is 2. The number of nitrogens with zero attached hydrogens (tertiary/aromatic N) is 2. The van der Waals surface area contributed by atoms with Gasteiger partial charge < -0.3 is 10.2 Å². The van der Waals surface area contributed by atoms with E-state index in [4.69, 9.17) is 0 Å². The molecule has 4 fully saturated rings. The maximum atomic E-state index is 13.1. The summed E-state index contributed by atoms with van der Waals surface area (Å²) in [5, 5.41) is 12.1. The molecule has 3 saturated carbocycles. The van der Waals surface area contributed by atoms with Crippen molar-refractivity contribution in [2.45, 2.75) is 90.6 Å². The summed E-state index contributed by atoms with van der Waals surface area (Å²) in [5.41, 5.74) is -0.470. The Kier molecular flexibility index (Phi) is 4.80. The fourth-order valence-electron chi connectivity index (χ4n) is 7.91. The molecule has 1 heterocycles. The lowest BCUT2D eigenvalue weighted by Crippen LogP contribution is -2.65. The van der Waals surface area contributed by atoms with Gasteiger partial charge in [0.2, 0.25) is 11.8 Å². The predicted octanol–water partition coefficient (Wildman–Crippen LogP) is 3.88. The van der Waals surface area contributed by atoms with E-state index < -0.39 is 11.5 Å². The van der Waals surface area contributed by atoms with Crippen LogP contribution < -0.4 is 5.32 Å². The van der Waals surface area contributed by atoms with Crippen LogP contribution in [0.15, 0.2) is 0 Å². The van der Waals surface area contributed by atoms with Crippen LogP contribution in [0.25, 0.3) is 0 Å². The number of fused-ring (bicyclic) bond motifs is 5. The molecule has 5 heteroatoms. The van der Waals surface area contributed by atoms with E-state index >= 15 is 0 Å². The van der Waals surface area contributed by atoms with Gasteiger partial charge in [-0.05, 0) is 87.4 Å². The Morgan fingerprint density at radius 3 is 2.59 bits per heavy atom. The number of piperidine rings is 1. The molecule has 0 aromatic rings. The molecule has 0 bridgehead atoms. The van der Waals surface area contributed by atoms with E-state index in [-0.39, 0.29) is 23.3 Å². The predicted molar refractivity (Wildman–Crippen MR) is 112 cm³/mol. The standard InChI is InChI=1S/C24H37N3O2/c1-22(2,14-25)26-20(28)16-13-24(4)18-10-12-23(3)11-6-7-17(23)15(18)8-9-19(24)27(5)21(16)29/h15-19H,6-13H2,1-5H3,(H,26,28)/t15-,16?,17-,18+,19?,23-,24+/m0/s1. The molecule has 0 aromatic heterocycles. The third kappa shape index (κ3) is 3.09. The quantitative estimate of drug-likeness (QED) is 0.716. The van der Waals surface area contributed by atoms with Gasteiger partial charge in [0.15, 0.2) is 0 Å². The maximum Gasteiger partial charge on any atom is 0.235 e. The van der Waals surface area contributed by atoms with Gasteiger partial charge in [0.1, 0.15) is 11.5 Å². The summed E-state index contributed by atoms with van der Waals surface area (Å²) in [6.07, 6.45) is 9.50. The van der Waals surface area contributed by atoms with Crippen LogP contribution in [0.5, 0.6) is 0 Å². The number of nitriles is 1. The van der Waals surface area contributed by atoms with Crippen LogP contribution in [-0.2, 0) is 9.59 Å². The summed E-state index contributed by atoms with van der Waals surface area (Å²) in [6, 6.07) is 2.35. The molecule has 1 aliphatic heterocycles. The zero-order chi connectivity index (χ0) is 21.2. The van der Waals surface area contributed by atoms with Gasteiger partial charge in [0, 0.05) is 13.1 Å². The Bertz CT molecular complexity index is 756. The first-order valence-electron chi connectivity index (χ1n) is 11.5. The normalized spacial score (nSPS) is 44.3. The van der Waals surface area contributed by atoms with Gasteiger partial charge in [-0.25, -0.2) is 0 Å². The Morgan fingerprint density at radius 2 is 1.90 bits per heavy atom. The second-order valence-electron chi connectivity index (χ2n) is 11.5. The molecule has 4 rings (SSSR count). The van der Waals surface area contributed by atoms with Crippen molar-refractivity contribution < 1.29 is 9.59 Å². The average Bonchev–Trinajstić information content (AvgIpc) is 3.06. The van der Waals surface area contributed by atoms with Crippen molar-refractivity contribution in [1.29, 1.82) is 5.26 Å². The second kappa shape index (κ2) is 6.72. The molecule has 29 heavy (non-hydrogen) atoms. The van der Waals surface area contributed by atoms with Crippen LogP contribution in [0.4, 0.5) is 0 Å². The number of nitrogens with one attached hydrogen (secondary N) is 1. The van der Waals surface area contributed by atoms with E-state index in [2.05, 4.69) is 25.2 Å². The Balaban J connectivity index is 1.62. The minimum absolute atomic E-state index is 0.0196. The summed E-state index contributed by atoms with van der Waals surface area (Å²) in [6.45, 7) is 8.23. The monoisotopic (exact) mass is 399 g/mol. The summed E-state index contributed by atoms with van der Waals surface area (Å²) < 4.78 is 0. The fourth-order valence-corrected chi connectivity index (χ4v) is 7.91. The second-order valence-corrected chi connectivity index (χ2v) is 11.5. The third-order valence-electron chi connectivity index (χ3n) is 9.39. The van der Waals surface area contributed by atoms with Gasteiger partial charge >= 0.3 is 0 Å². The van der Waals surface area contributed by atoms with Gasteiger partial charge in [-0.15, -0.1) is 0 Å². The zero-order valence-corrected chi connectivity index (χ0v) is 18.8. The van der Waals surface area contributed by atoms with Crippen molar-refractivity contribution in [3.63, 3.8) is 0 Å². The van der Waals surface area contributed by atoms with Gasteiger partial charge in [0.25, 0.3) is 0 Å². The molecule has 2 unspecified atom stereocenters. The number of amides is 2. The smallest absolute Gasteiger partial charge is 0.235 e. The molecule has 0 aromatic carbocycles. The van der Waals surface area contributed by atoms with Crippen LogP contribution in [0.1, 0.15) is 79.1 Å². The van der Waals surface area contributed by atoms with Crippen molar-refractivity contribution in [2.24, 2.45) is 34.5 Å². The molecule has 0 spiro atoms. The van der Waals surface area contributed by atoms with E-state index in [0.29, 0.717) is 17.8 Å². The molecule has 7 atom stereocenters. The first kappa shape index (κ1) is 20.7. The topological polar surface area (TPSA) is 73.2 Å². The van der Waals surface area contributed by atoms with E-state index in [0.717, 1.165) is 18.3 Å². The molecular formula is C24H37N3O2. The van der Waals surface area contributed by atoms with E-state index in [9.17, 15) is 14.9 Å². The zero-order valence-electron chi connectivity index (χ0n) is 18.8. The van der Waals surface area contributed by atoms with Crippen LogP contribution in [-0.4, -0.2) is 35.3 Å². The lowest BCUT2D eigenvalue weighted by Gasteiger charge is -2.62. The van der Waals surface area contributed by atoms with Crippen LogP contribution in [0.3, 0.4) is 0 Å². The van der Waals surface area contributed by atoms with Crippen molar-refractivity contribution in [2.75, 3.05) is 7.05 Å². The fraction of sp³-hybridized carbons (Fsp3) is 0.875. The largest absolute Gasteiger partial charge is 0.342 e. The molecule has 1 N–H and O–H groups in total. The minimum atomic E-state index is -0.959. The highest BCUT2D eigenvalue weighted by atomic mass is 16.2. The number of likely N-dealkylation sites (tertiary alicyclic amines) is 1. The number of hydrogen-bond donors (Lipinski definition) is 1. The molecule has 4 aliphatic rings. The van der Waals surface area contributed by atoms with Gasteiger partial charge in [-0.3, -0.25) is 9.59 Å². The molecule has 3 aliphatic carbocycles. The number of carbonyl (C=O) groups is 2. The molecule has 160 valence electrons. The molecule has 0 radical (unpaired) electrons. The van der Waals surface area contributed by atoms with E-state index in [1.807, 2.05) is 11.9 Å². The Morgan fingerprint density at radius 1 is 1.17 bits per heavy atom. The number of carbonyl (C=O) groups excluding carboxylic acids is 2. The molecular weight excluding hydrogens is 362 g/mol. The summed E-state index contributed by atoms with van der Waals surface area (Å²) in [5.74, 6) is 1.11. The highest BCUT2D eigenvalue weighted by molar-refractivity contribution is 6.01. The lowest BCUT2D eigenvalue weighted by molar-refractivity contribution is -0.169. The highest BCUT2D eigenvalue weighted by Crippen LogP contribution is 2.65. The molecule has 5 nitrogen and oxygen atoms in total. The average molecular weight is 400 g/mol. The lowest BCUT2D eigenvalue weighted by atomic mass is 9.47. The molecule has 1 saturated heterocycles. The van der Waals surface area contributed by atoms with Gasteiger partial charge in [-0.2, -0.15) is 5.26 Å². The maximum absolute atomic E-state index is 13.1. The van der Waals surface area contributed by atoms with Crippen molar-refractivity contribution in [3.05, 3.63) is 0 Å². The van der Waals surface area contributed by atoms with Crippen LogP contribution in [0.2, 0.25) is 0 Å². The number of hydrogen-bond acceptors (Lipinski definition) is 3. The molecule has 2 amide bonds. The summed E-state index contributed by atoms with van der Waals surface area (Å²) in [4.78, 5) is 28.0. The first-order valence-corrected chi connectivity index (χ1v) is 11.5. The summed E-state index contributed by atoms with van der Waals surface area (Å²) >= 11 is 0. The Hall–Kier alpha value is -1.57. The van der Waals surface area contributed by atoms with Crippen molar-refractivity contribution >= 4 is 11.8 Å². The third-order valence-corrected chi connectivity index (χ3v) is 9.39. The summed E-state index contributed by atoms with van der Waals surface area (Å²) in [7, 11) is 1.89. The van der Waals surface area contributed by atoms with Crippen LogP contribution in [0, 0.1) is 45.8 Å². The van der Waals surface area contributed by atoms with E-state index in [1.165, 1.54) is 38.5 Å². The highest BCUT2D eigenvalue weighted by Gasteiger charge is 2.61. The van der Waals surface area contributed by atoms with Crippen LogP contribution >= 0.6 is 0 Å².